The van der Waals surface area contributed by atoms with Gasteiger partial charge in [0, 0.05) is 17.4 Å². The average molecular weight is 481 g/mol. The highest BCUT2D eigenvalue weighted by Gasteiger charge is 2.16. The fourth-order valence-electron chi connectivity index (χ4n) is 3.27. The molecule has 0 saturated carbocycles. The minimum atomic E-state index is 0. The van der Waals surface area contributed by atoms with Gasteiger partial charge in [-0.25, -0.2) is 4.57 Å². The third-order valence-corrected chi connectivity index (χ3v) is 4.46. The maximum Gasteiger partial charge on any atom is 0.180 e. The van der Waals surface area contributed by atoms with Crippen LogP contribution in [0.15, 0.2) is 42.7 Å². The summed E-state index contributed by atoms with van der Waals surface area (Å²) >= 11 is 0. The van der Waals surface area contributed by atoms with Crippen LogP contribution in [0, 0.1) is 0 Å². The molecule has 0 spiro atoms. The quantitative estimate of drug-likeness (QED) is 0.375. The molecule has 144 valence electrons. The maximum atomic E-state index is 5.60. The summed E-state index contributed by atoms with van der Waals surface area (Å²) in [7, 11) is 8.62. The first-order valence-electron chi connectivity index (χ1n) is 8.35. The molecule has 0 atom stereocenters. The van der Waals surface area contributed by atoms with Crippen LogP contribution >= 0.6 is 0 Å². The number of halogens is 1. The molecular formula is C21H24INO4. The van der Waals surface area contributed by atoms with E-state index in [1.807, 2.05) is 29.8 Å². The summed E-state index contributed by atoms with van der Waals surface area (Å²) < 4.78 is 23.8. The molecule has 2 aromatic carbocycles. The number of hydrogen-bond donors (Lipinski definition) is 0. The molecule has 1 aromatic heterocycles. The van der Waals surface area contributed by atoms with Crippen molar-refractivity contribution in [3.63, 3.8) is 0 Å². The first-order chi connectivity index (χ1) is 12.6. The van der Waals surface area contributed by atoms with Gasteiger partial charge in [-0.05, 0) is 29.8 Å². The molecule has 0 radical (unpaired) electrons. The second kappa shape index (κ2) is 9.12. The van der Waals surface area contributed by atoms with Crippen LogP contribution in [0.1, 0.15) is 11.1 Å². The molecule has 1 heterocycles. The van der Waals surface area contributed by atoms with Crippen molar-refractivity contribution < 1.29 is 47.5 Å². The Morgan fingerprint density at radius 2 is 1.41 bits per heavy atom. The van der Waals surface area contributed by atoms with Gasteiger partial charge in [0.1, 0.15) is 7.05 Å². The predicted molar refractivity (Wildman–Crippen MR) is 101 cm³/mol. The summed E-state index contributed by atoms with van der Waals surface area (Å²) in [5.74, 6) is 2.93. The molecule has 0 bridgehead atoms. The van der Waals surface area contributed by atoms with Gasteiger partial charge in [-0.15, -0.1) is 0 Å². The fraction of sp³-hybridized carbons (Fsp3) is 0.286. The molecule has 6 heteroatoms. The van der Waals surface area contributed by atoms with Gasteiger partial charge in [0.05, 0.1) is 33.8 Å². The Kier molecular flexibility index (Phi) is 7.12. The van der Waals surface area contributed by atoms with Crippen molar-refractivity contribution >= 4 is 10.8 Å². The van der Waals surface area contributed by atoms with E-state index in [9.17, 15) is 0 Å². The van der Waals surface area contributed by atoms with Crippen LogP contribution in [0.25, 0.3) is 10.8 Å². The number of pyridine rings is 1. The number of ether oxygens (including phenoxy) is 4. The van der Waals surface area contributed by atoms with Crippen LogP contribution in [0.4, 0.5) is 0 Å². The van der Waals surface area contributed by atoms with E-state index in [1.54, 1.807) is 28.4 Å². The Labute approximate surface area is 176 Å². The second-order valence-electron chi connectivity index (χ2n) is 6.08. The molecule has 0 N–H and O–H groups in total. The van der Waals surface area contributed by atoms with Crippen molar-refractivity contribution in [3.05, 3.63) is 53.9 Å². The van der Waals surface area contributed by atoms with E-state index < -0.39 is 0 Å². The summed E-state index contributed by atoms with van der Waals surface area (Å²) in [6.45, 7) is 0. The van der Waals surface area contributed by atoms with E-state index in [2.05, 4.69) is 24.5 Å². The summed E-state index contributed by atoms with van der Waals surface area (Å²) in [5, 5.41) is 2.16. The lowest BCUT2D eigenvalue weighted by Crippen LogP contribution is -3.00. The van der Waals surface area contributed by atoms with Gasteiger partial charge in [-0.2, -0.15) is 0 Å². The van der Waals surface area contributed by atoms with Crippen LogP contribution < -0.4 is 47.5 Å². The standard InChI is InChI=1S/C21H24NO4.HI/c1-22-12-15(10-14-6-8-18(23-2)20(11-14)25-4)16-7-9-19(24-3)21(26-5)17(16)13-22;/h6-9,11-13H,10H2,1-5H3;1H/q+1;/p-1. The summed E-state index contributed by atoms with van der Waals surface area (Å²) in [6, 6.07) is 10.0. The lowest BCUT2D eigenvalue weighted by molar-refractivity contribution is -0.670. The number of rotatable bonds is 6. The monoisotopic (exact) mass is 481 g/mol. The third-order valence-electron chi connectivity index (χ3n) is 4.46. The molecule has 0 aliphatic heterocycles. The van der Waals surface area contributed by atoms with E-state index in [0.29, 0.717) is 0 Å². The molecule has 27 heavy (non-hydrogen) atoms. The van der Waals surface area contributed by atoms with Crippen molar-refractivity contribution in [1.82, 2.24) is 0 Å². The highest BCUT2D eigenvalue weighted by atomic mass is 127. The summed E-state index contributed by atoms with van der Waals surface area (Å²) in [4.78, 5) is 0. The lowest BCUT2D eigenvalue weighted by Gasteiger charge is -2.13. The van der Waals surface area contributed by atoms with E-state index in [1.165, 1.54) is 5.56 Å². The average Bonchev–Trinajstić information content (AvgIpc) is 2.66. The molecule has 3 rings (SSSR count). The van der Waals surface area contributed by atoms with Gasteiger partial charge in [0.2, 0.25) is 0 Å². The van der Waals surface area contributed by atoms with E-state index in [0.717, 1.165) is 45.8 Å². The molecule has 0 saturated heterocycles. The fourth-order valence-corrected chi connectivity index (χ4v) is 3.27. The Balaban J connectivity index is 0.00000261. The lowest BCUT2D eigenvalue weighted by atomic mass is 9.99. The maximum absolute atomic E-state index is 5.60. The van der Waals surface area contributed by atoms with Crippen LogP contribution in [-0.2, 0) is 13.5 Å². The number of fused-ring (bicyclic) bond motifs is 1. The topological polar surface area (TPSA) is 40.8 Å². The number of nitrogens with zero attached hydrogens (tertiary/aromatic N) is 1. The van der Waals surface area contributed by atoms with Crippen LogP contribution in [0.2, 0.25) is 0 Å². The van der Waals surface area contributed by atoms with Crippen molar-refractivity contribution in [1.29, 1.82) is 0 Å². The van der Waals surface area contributed by atoms with Gasteiger partial charge in [-0.1, -0.05) is 6.07 Å². The van der Waals surface area contributed by atoms with Crippen molar-refractivity contribution in [2.75, 3.05) is 28.4 Å². The predicted octanol–water partition coefficient (Wildman–Crippen LogP) is 0.294. The van der Waals surface area contributed by atoms with Crippen molar-refractivity contribution in [2.24, 2.45) is 7.05 Å². The smallest absolute Gasteiger partial charge is 0.180 e. The molecule has 0 aliphatic carbocycles. The van der Waals surface area contributed by atoms with E-state index >= 15 is 0 Å². The minimum absolute atomic E-state index is 0. The highest BCUT2D eigenvalue weighted by Crippen LogP contribution is 2.36. The first kappa shape index (κ1) is 21.1. The summed E-state index contributed by atoms with van der Waals surface area (Å²) in [6.07, 6.45) is 4.95. The Morgan fingerprint density at radius 1 is 0.741 bits per heavy atom. The summed E-state index contributed by atoms with van der Waals surface area (Å²) in [5.41, 5.74) is 2.34. The second-order valence-corrected chi connectivity index (χ2v) is 6.08. The SMILES string of the molecule is COc1ccc(Cc2c[n+](C)cc3c(OC)c(OC)ccc23)cc1OC.[I-]. The molecule has 5 nitrogen and oxygen atoms in total. The zero-order valence-corrected chi connectivity index (χ0v) is 18.4. The number of hydrogen-bond acceptors (Lipinski definition) is 4. The Morgan fingerprint density at radius 3 is 2.04 bits per heavy atom. The van der Waals surface area contributed by atoms with Crippen LogP contribution in [0.5, 0.6) is 23.0 Å². The van der Waals surface area contributed by atoms with Crippen LogP contribution in [-0.4, -0.2) is 28.4 Å². The zero-order valence-electron chi connectivity index (χ0n) is 16.2. The molecule has 0 amide bonds. The number of benzene rings is 2. The molecule has 0 unspecified atom stereocenters. The molecule has 0 aliphatic rings. The first-order valence-corrected chi connectivity index (χ1v) is 8.35. The van der Waals surface area contributed by atoms with Gasteiger partial charge in [0.25, 0.3) is 0 Å². The zero-order chi connectivity index (χ0) is 18.7. The van der Waals surface area contributed by atoms with Crippen LogP contribution in [0.3, 0.4) is 0 Å². The van der Waals surface area contributed by atoms with E-state index in [4.69, 9.17) is 18.9 Å². The molecule has 0 fully saturated rings. The molecular weight excluding hydrogens is 457 g/mol. The molecule has 3 aromatic rings. The number of methoxy groups -OCH3 is 4. The largest absolute Gasteiger partial charge is 1.00 e. The van der Waals surface area contributed by atoms with Crippen molar-refractivity contribution in [2.45, 2.75) is 6.42 Å². The Bertz CT molecular complexity index is 943. The van der Waals surface area contributed by atoms with Gasteiger partial charge < -0.3 is 42.9 Å². The third kappa shape index (κ3) is 4.21. The minimum Gasteiger partial charge on any atom is -1.00 e. The Hall–Kier alpha value is -2.22. The van der Waals surface area contributed by atoms with Gasteiger partial charge in [-0.3, -0.25) is 0 Å². The highest BCUT2D eigenvalue weighted by molar-refractivity contribution is 5.92. The van der Waals surface area contributed by atoms with E-state index in [-0.39, 0.29) is 24.0 Å². The number of aryl methyl sites for hydroxylation is 1. The van der Waals surface area contributed by atoms with Crippen molar-refractivity contribution in [3.8, 4) is 23.0 Å². The van der Waals surface area contributed by atoms with Gasteiger partial charge in [0.15, 0.2) is 35.4 Å². The van der Waals surface area contributed by atoms with Gasteiger partial charge >= 0.3 is 0 Å². The normalized spacial score (nSPS) is 10.3. The number of aromatic nitrogens is 1.